The summed E-state index contributed by atoms with van der Waals surface area (Å²) in [6.45, 7) is 6.01. The van der Waals surface area contributed by atoms with Crippen LogP contribution in [0.1, 0.15) is 51.4 Å². The number of benzene rings is 1. The number of carbonyl (C=O) groups excluding carboxylic acids is 2. The van der Waals surface area contributed by atoms with Crippen LogP contribution in [0.15, 0.2) is 30.3 Å². The van der Waals surface area contributed by atoms with Gasteiger partial charge >= 0.3 is 0 Å². The van der Waals surface area contributed by atoms with Crippen LogP contribution in [0.5, 0.6) is 0 Å². The van der Waals surface area contributed by atoms with Crippen LogP contribution in [0.3, 0.4) is 0 Å². The van der Waals surface area contributed by atoms with Crippen LogP contribution >= 0.6 is 11.3 Å². The molecule has 26 heavy (non-hydrogen) atoms. The normalized spacial score (nSPS) is 14.4. The lowest BCUT2D eigenvalue weighted by atomic mass is 10.1. The van der Waals surface area contributed by atoms with Gasteiger partial charge in [0.2, 0.25) is 5.91 Å². The average molecular weight is 371 g/mol. The minimum absolute atomic E-state index is 0.0522. The number of carbonyl (C=O) groups is 2. The first-order valence-electron chi connectivity index (χ1n) is 9.19. The molecule has 4 nitrogen and oxygen atoms in total. The molecular formula is C21H26N2O2S. The van der Waals surface area contributed by atoms with E-state index in [2.05, 4.69) is 5.32 Å². The third-order valence-electron chi connectivity index (χ3n) is 4.87. The summed E-state index contributed by atoms with van der Waals surface area (Å²) in [7, 11) is 0. The molecule has 0 radical (unpaired) electrons. The summed E-state index contributed by atoms with van der Waals surface area (Å²) in [5, 5.41) is 3.10. The second-order valence-corrected chi connectivity index (χ2v) is 8.43. The Bertz CT molecular complexity index is 806. The number of hydrogen-bond donors (Lipinski definition) is 1. The molecule has 1 aliphatic carbocycles. The fourth-order valence-electron chi connectivity index (χ4n) is 3.45. The van der Waals surface area contributed by atoms with E-state index in [0.29, 0.717) is 4.88 Å². The Labute approximate surface area is 159 Å². The zero-order valence-electron chi connectivity index (χ0n) is 15.7. The van der Waals surface area contributed by atoms with Crippen molar-refractivity contribution in [1.82, 2.24) is 5.32 Å². The molecule has 0 saturated heterocycles. The number of thiophene rings is 1. The number of anilines is 1. The Morgan fingerprint density at radius 1 is 1.12 bits per heavy atom. The van der Waals surface area contributed by atoms with Gasteiger partial charge in [0.25, 0.3) is 5.91 Å². The summed E-state index contributed by atoms with van der Waals surface area (Å²) in [6.07, 6.45) is 4.40. The largest absolute Gasteiger partial charge is 0.352 e. The number of nitrogens with one attached hydrogen (secondary N) is 1. The van der Waals surface area contributed by atoms with Gasteiger partial charge in [-0.3, -0.25) is 14.5 Å². The third kappa shape index (κ3) is 4.33. The van der Waals surface area contributed by atoms with Gasteiger partial charge in [0.05, 0.1) is 4.88 Å². The lowest BCUT2D eigenvalue weighted by Gasteiger charge is -2.25. The Morgan fingerprint density at radius 3 is 2.50 bits per heavy atom. The summed E-state index contributed by atoms with van der Waals surface area (Å²) in [6, 6.07) is 10.0. The number of aryl methyl sites for hydroxylation is 3. The lowest BCUT2D eigenvalue weighted by molar-refractivity contribution is -0.120. The third-order valence-corrected chi connectivity index (χ3v) is 5.86. The zero-order chi connectivity index (χ0) is 18.7. The Kier molecular flexibility index (Phi) is 5.77. The second-order valence-electron chi connectivity index (χ2n) is 7.14. The first kappa shape index (κ1) is 18.6. The first-order chi connectivity index (χ1) is 12.4. The molecule has 1 saturated carbocycles. The van der Waals surface area contributed by atoms with Gasteiger partial charge in [-0.1, -0.05) is 25.0 Å². The van der Waals surface area contributed by atoms with Gasteiger partial charge in [0.15, 0.2) is 0 Å². The van der Waals surface area contributed by atoms with Gasteiger partial charge in [0, 0.05) is 16.6 Å². The molecule has 3 rings (SSSR count). The Morgan fingerprint density at radius 2 is 1.85 bits per heavy atom. The average Bonchev–Trinajstić information content (AvgIpc) is 3.26. The zero-order valence-corrected chi connectivity index (χ0v) is 16.5. The molecule has 1 aliphatic rings. The number of hydrogen-bond acceptors (Lipinski definition) is 3. The van der Waals surface area contributed by atoms with Crippen molar-refractivity contribution in [3.63, 3.8) is 0 Å². The molecule has 0 unspecified atom stereocenters. The fraction of sp³-hybridized carbons (Fsp3) is 0.429. The molecule has 138 valence electrons. The molecule has 1 heterocycles. The minimum Gasteiger partial charge on any atom is -0.352 e. The molecule has 0 spiro atoms. The van der Waals surface area contributed by atoms with Crippen LogP contribution in [0.25, 0.3) is 0 Å². The maximum atomic E-state index is 13.2. The van der Waals surface area contributed by atoms with Crippen molar-refractivity contribution >= 4 is 28.8 Å². The van der Waals surface area contributed by atoms with E-state index in [9.17, 15) is 9.59 Å². The summed E-state index contributed by atoms with van der Waals surface area (Å²) >= 11 is 1.47. The van der Waals surface area contributed by atoms with Crippen molar-refractivity contribution in [2.24, 2.45) is 0 Å². The molecule has 5 heteroatoms. The smallest absolute Gasteiger partial charge is 0.268 e. The van der Waals surface area contributed by atoms with Gasteiger partial charge in [-0.2, -0.15) is 0 Å². The first-order valence-corrected chi connectivity index (χ1v) is 10.0. The standard InChI is InChI=1S/C21H26N2O2S/c1-14-8-9-15(2)18(12-14)23(21(25)19-11-10-16(3)26-19)13-20(24)22-17-6-4-5-7-17/h8-12,17H,4-7,13H2,1-3H3,(H,22,24). The highest BCUT2D eigenvalue weighted by Gasteiger charge is 2.25. The predicted molar refractivity (Wildman–Crippen MR) is 107 cm³/mol. The predicted octanol–water partition coefficient (Wildman–Crippen LogP) is 4.38. The van der Waals surface area contributed by atoms with Crippen LogP contribution in [0, 0.1) is 20.8 Å². The molecule has 1 aromatic carbocycles. The van der Waals surface area contributed by atoms with Crippen LogP contribution in [0.4, 0.5) is 5.69 Å². The molecular weight excluding hydrogens is 344 g/mol. The fourth-order valence-corrected chi connectivity index (χ4v) is 4.26. The molecule has 0 aliphatic heterocycles. The van der Waals surface area contributed by atoms with Crippen LogP contribution in [-0.4, -0.2) is 24.4 Å². The van der Waals surface area contributed by atoms with Crippen LogP contribution in [0.2, 0.25) is 0 Å². The Hall–Kier alpha value is -2.14. The van der Waals surface area contributed by atoms with E-state index in [1.807, 2.05) is 51.1 Å². The van der Waals surface area contributed by atoms with E-state index in [0.717, 1.165) is 34.5 Å². The summed E-state index contributed by atoms with van der Waals surface area (Å²) in [5.41, 5.74) is 2.87. The Balaban J connectivity index is 1.86. The van der Waals surface area contributed by atoms with Gasteiger partial charge in [-0.05, 0) is 62.9 Å². The lowest BCUT2D eigenvalue weighted by Crippen LogP contribution is -2.43. The molecule has 2 aromatic rings. The van der Waals surface area contributed by atoms with Crippen molar-refractivity contribution in [2.75, 3.05) is 11.4 Å². The molecule has 1 fully saturated rings. The maximum Gasteiger partial charge on any atom is 0.268 e. The van der Waals surface area contributed by atoms with Gasteiger partial charge in [0.1, 0.15) is 6.54 Å². The van der Waals surface area contributed by atoms with Crippen molar-refractivity contribution in [1.29, 1.82) is 0 Å². The van der Waals surface area contributed by atoms with Gasteiger partial charge < -0.3 is 5.32 Å². The minimum atomic E-state index is -0.113. The SMILES string of the molecule is Cc1ccc(C)c(N(CC(=O)NC2CCCC2)C(=O)c2ccc(C)s2)c1. The second kappa shape index (κ2) is 8.04. The molecule has 1 aromatic heterocycles. The van der Waals surface area contributed by atoms with Crippen molar-refractivity contribution in [3.05, 3.63) is 51.2 Å². The van der Waals surface area contributed by atoms with Crippen LogP contribution in [-0.2, 0) is 4.79 Å². The van der Waals surface area contributed by atoms with E-state index in [4.69, 9.17) is 0 Å². The monoisotopic (exact) mass is 370 g/mol. The highest BCUT2D eigenvalue weighted by atomic mass is 32.1. The molecule has 2 amide bonds. The molecule has 0 atom stereocenters. The van der Waals surface area contributed by atoms with Crippen molar-refractivity contribution in [3.8, 4) is 0 Å². The van der Waals surface area contributed by atoms with Crippen molar-refractivity contribution < 1.29 is 9.59 Å². The van der Waals surface area contributed by atoms with Crippen LogP contribution < -0.4 is 10.2 Å². The number of amides is 2. The van der Waals surface area contributed by atoms with E-state index >= 15 is 0 Å². The summed E-state index contributed by atoms with van der Waals surface area (Å²) < 4.78 is 0. The number of nitrogens with zero attached hydrogens (tertiary/aromatic N) is 1. The topological polar surface area (TPSA) is 49.4 Å². The van der Waals surface area contributed by atoms with Gasteiger partial charge in [-0.15, -0.1) is 11.3 Å². The highest BCUT2D eigenvalue weighted by Crippen LogP contribution is 2.26. The highest BCUT2D eigenvalue weighted by molar-refractivity contribution is 7.14. The van der Waals surface area contributed by atoms with Crippen molar-refractivity contribution in [2.45, 2.75) is 52.5 Å². The summed E-state index contributed by atoms with van der Waals surface area (Å²) in [5.74, 6) is -0.196. The van der Waals surface area contributed by atoms with E-state index in [1.54, 1.807) is 4.90 Å². The quantitative estimate of drug-likeness (QED) is 0.849. The van der Waals surface area contributed by atoms with E-state index in [-0.39, 0.29) is 24.4 Å². The van der Waals surface area contributed by atoms with E-state index < -0.39 is 0 Å². The number of rotatable bonds is 5. The van der Waals surface area contributed by atoms with E-state index in [1.165, 1.54) is 24.2 Å². The molecule has 0 bridgehead atoms. The maximum absolute atomic E-state index is 13.2. The molecule has 1 N–H and O–H groups in total. The van der Waals surface area contributed by atoms with Gasteiger partial charge in [-0.25, -0.2) is 0 Å². The summed E-state index contributed by atoms with van der Waals surface area (Å²) in [4.78, 5) is 29.1.